The summed E-state index contributed by atoms with van der Waals surface area (Å²) in [5.74, 6) is -1.41. The summed E-state index contributed by atoms with van der Waals surface area (Å²) in [6.07, 6.45) is -0.376. The van der Waals surface area contributed by atoms with Gasteiger partial charge in [-0.3, -0.25) is 9.59 Å². The Bertz CT molecular complexity index is 679. The highest BCUT2D eigenvalue weighted by Crippen LogP contribution is 2.24. The Morgan fingerprint density at radius 2 is 1.75 bits per heavy atom. The van der Waals surface area contributed by atoms with Crippen molar-refractivity contribution in [2.45, 2.75) is 6.42 Å². The molecule has 0 radical (unpaired) electrons. The predicted molar refractivity (Wildman–Crippen MR) is 74.5 cm³/mol. The zero-order valence-electron chi connectivity index (χ0n) is 10.3. The second-order valence-electron chi connectivity index (χ2n) is 4.23. The number of phenolic OH excluding ortho intramolecular Hbond substituents is 2. The van der Waals surface area contributed by atoms with E-state index >= 15 is 0 Å². The second kappa shape index (κ2) is 5.75. The molecule has 2 aromatic carbocycles. The van der Waals surface area contributed by atoms with Crippen LogP contribution in [-0.2, 0) is 0 Å². The topological polar surface area (TPSA) is 74.6 Å². The van der Waals surface area contributed by atoms with Gasteiger partial charge in [0.05, 0.1) is 12.0 Å². The number of Topliss-reactive ketones (excluding diaryl/α,β-unsaturated/α-hetero) is 2. The highest BCUT2D eigenvalue weighted by Gasteiger charge is 2.17. The molecule has 0 bridgehead atoms. The van der Waals surface area contributed by atoms with Gasteiger partial charge >= 0.3 is 0 Å². The maximum Gasteiger partial charge on any atom is 0.174 e. The Kier molecular flexibility index (Phi) is 4.05. The van der Waals surface area contributed by atoms with Gasteiger partial charge in [0.15, 0.2) is 11.6 Å². The van der Waals surface area contributed by atoms with Gasteiger partial charge in [-0.05, 0) is 24.3 Å². The zero-order valence-corrected chi connectivity index (χ0v) is 11.1. The summed E-state index contributed by atoms with van der Waals surface area (Å²) in [5, 5.41) is 19.1. The van der Waals surface area contributed by atoms with Crippen LogP contribution in [0.5, 0.6) is 11.5 Å². The minimum absolute atomic E-state index is 0.00169. The molecule has 4 nitrogen and oxygen atoms in total. The Balaban J connectivity index is 2.17. The number of halogens is 1. The van der Waals surface area contributed by atoms with E-state index in [1.165, 1.54) is 18.2 Å². The molecule has 0 aliphatic rings. The molecule has 0 amide bonds. The Morgan fingerprint density at radius 3 is 2.40 bits per heavy atom. The molecular formula is C15H11ClO4. The van der Waals surface area contributed by atoms with Gasteiger partial charge in [0.25, 0.3) is 0 Å². The summed E-state index contributed by atoms with van der Waals surface area (Å²) < 4.78 is 0. The van der Waals surface area contributed by atoms with Gasteiger partial charge in [0.2, 0.25) is 0 Å². The van der Waals surface area contributed by atoms with E-state index in [1.54, 1.807) is 18.2 Å². The van der Waals surface area contributed by atoms with Gasteiger partial charge in [0.1, 0.15) is 11.5 Å². The number of rotatable bonds is 4. The molecule has 102 valence electrons. The lowest BCUT2D eigenvalue weighted by Crippen LogP contribution is -2.08. The first kappa shape index (κ1) is 14.1. The Labute approximate surface area is 120 Å². The van der Waals surface area contributed by atoms with Crippen LogP contribution in [0.25, 0.3) is 0 Å². The Hall–Kier alpha value is -2.33. The molecule has 0 heterocycles. The molecule has 0 spiro atoms. The highest BCUT2D eigenvalue weighted by molar-refractivity contribution is 6.31. The van der Waals surface area contributed by atoms with Crippen LogP contribution in [0.3, 0.4) is 0 Å². The first-order valence-corrected chi connectivity index (χ1v) is 6.19. The van der Waals surface area contributed by atoms with Crippen molar-refractivity contribution in [1.29, 1.82) is 0 Å². The van der Waals surface area contributed by atoms with E-state index in [-0.39, 0.29) is 29.3 Å². The maximum absolute atomic E-state index is 12.0. The quantitative estimate of drug-likeness (QED) is 0.670. The van der Waals surface area contributed by atoms with Crippen molar-refractivity contribution >= 4 is 23.2 Å². The van der Waals surface area contributed by atoms with Crippen LogP contribution in [0.1, 0.15) is 27.1 Å². The first-order valence-electron chi connectivity index (χ1n) is 5.81. The number of hydrogen-bond donors (Lipinski definition) is 2. The highest BCUT2D eigenvalue weighted by atomic mass is 35.5. The molecular weight excluding hydrogens is 280 g/mol. The lowest BCUT2D eigenvalue weighted by molar-refractivity contribution is 0.0893. The van der Waals surface area contributed by atoms with Crippen molar-refractivity contribution in [3.05, 3.63) is 58.6 Å². The fraction of sp³-hybridized carbons (Fsp3) is 0.0667. The minimum Gasteiger partial charge on any atom is -0.508 e. The molecule has 0 aliphatic carbocycles. The number of ketones is 2. The van der Waals surface area contributed by atoms with Gasteiger partial charge in [-0.1, -0.05) is 23.7 Å². The number of hydrogen-bond acceptors (Lipinski definition) is 4. The van der Waals surface area contributed by atoms with E-state index in [2.05, 4.69) is 0 Å². The normalized spacial score (nSPS) is 10.2. The van der Waals surface area contributed by atoms with Crippen molar-refractivity contribution in [2.75, 3.05) is 0 Å². The SMILES string of the molecule is O=C(CC(=O)c1ccc(O)cc1O)c1cccc(Cl)c1. The van der Waals surface area contributed by atoms with Crippen LogP contribution in [0, 0.1) is 0 Å². The molecule has 2 N–H and O–H groups in total. The largest absolute Gasteiger partial charge is 0.508 e. The third kappa shape index (κ3) is 3.16. The molecule has 0 unspecified atom stereocenters. The van der Waals surface area contributed by atoms with Gasteiger partial charge in [-0.15, -0.1) is 0 Å². The molecule has 0 atom stereocenters. The van der Waals surface area contributed by atoms with Gasteiger partial charge in [0, 0.05) is 16.7 Å². The summed E-state index contributed by atoms with van der Waals surface area (Å²) in [6.45, 7) is 0. The molecule has 20 heavy (non-hydrogen) atoms. The van der Waals surface area contributed by atoms with Crippen LogP contribution < -0.4 is 0 Å². The molecule has 0 fully saturated rings. The Morgan fingerprint density at radius 1 is 1.00 bits per heavy atom. The zero-order chi connectivity index (χ0) is 14.7. The summed E-state index contributed by atoms with van der Waals surface area (Å²) in [6, 6.07) is 9.90. The smallest absolute Gasteiger partial charge is 0.174 e. The monoisotopic (exact) mass is 290 g/mol. The summed E-state index contributed by atoms with van der Waals surface area (Å²) in [5.41, 5.74) is 0.335. The molecule has 0 aliphatic heterocycles. The van der Waals surface area contributed by atoms with E-state index < -0.39 is 5.78 Å². The van der Waals surface area contributed by atoms with Gasteiger partial charge in [-0.2, -0.15) is 0 Å². The van der Waals surface area contributed by atoms with E-state index in [9.17, 15) is 14.7 Å². The van der Waals surface area contributed by atoms with Crippen LogP contribution in [-0.4, -0.2) is 21.8 Å². The van der Waals surface area contributed by atoms with E-state index in [1.807, 2.05) is 0 Å². The van der Waals surface area contributed by atoms with Crippen LogP contribution in [0.2, 0.25) is 5.02 Å². The molecule has 2 aromatic rings. The fourth-order valence-corrected chi connectivity index (χ4v) is 1.95. The number of carbonyl (C=O) groups is 2. The van der Waals surface area contributed by atoms with Crippen LogP contribution in [0.4, 0.5) is 0 Å². The summed E-state index contributed by atoms with van der Waals surface area (Å²) in [4.78, 5) is 23.9. The molecule has 0 saturated heterocycles. The first-order chi connectivity index (χ1) is 9.47. The summed E-state index contributed by atoms with van der Waals surface area (Å²) >= 11 is 5.78. The number of carbonyl (C=O) groups excluding carboxylic acids is 2. The standard InChI is InChI=1S/C15H11ClO4/c16-10-3-1-2-9(6-10)13(18)8-15(20)12-5-4-11(17)7-14(12)19/h1-7,17,19H,8H2. The molecule has 0 saturated carbocycles. The molecule has 0 aromatic heterocycles. The van der Waals surface area contributed by atoms with E-state index in [0.717, 1.165) is 6.07 Å². The third-order valence-electron chi connectivity index (χ3n) is 2.75. The van der Waals surface area contributed by atoms with Crippen molar-refractivity contribution in [3.8, 4) is 11.5 Å². The van der Waals surface area contributed by atoms with Crippen LogP contribution in [0.15, 0.2) is 42.5 Å². The van der Waals surface area contributed by atoms with Gasteiger partial charge < -0.3 is 10.2 Å². The van der Waals surface area contributed by atoms with Crippen molar-refractivity contribution in [2.24, 2.45) is 0 Å². The minimum atomic E-state index is -0.521. The average molecular weight is 291 g/mol. The number of aromatic hydroxyl groups is 2. The maximum atomic E-state index is 12.0. The average Bonchev–Trinajstić information content (AvgIpc) is 2.38. The van der Waals surface area contributed by atoms with E-state index in [0.29, 0.717) is 10.6 Å². The predicted octanol–water partition coefficient (Wildman–Crippen LogP) is 3.21. The fourth-order valence-electron chi connectivity index (χ4n) is 1.76. The second-order valence-corrected chi connectivity index (χ2v) is 4.67. The van der Waals surface area contributed by atoms with Crippen LogP contribution >= 0.6 is 11.6 Å². The van der Waals surface area contributed by atoms with E-state index in [4.69, 9.17) is 16.7 Å². The van der Waals surface area contributed by atoms with Crippen molar-refractivity contribution < 1.29 is 19.8 Å². The molecule has 5 heteroatoms. The van der Waals surface area contributed by atoms with Crippen molar-refractivity contribution in [3.63, 3.8) is 0 Å². The summed E-state index contributed by atoms with van der Waals surface area (Å²) in [7, 11) is 0. The number of phenols is 2. The lowest BCUT2D eigenvalue weighted by atomic mass is 10.0. The number of benzene rings is 2. The van der Waals surface area contributed by atoms with Gasteiger partial charge in [-0.25, -0.2) is 0 Å². The third-order valence-corrected chi connectivity index (χ3v) is 2.98. The van der Waals surface area contributed by atoms with Crippen molar-refractivity contribution in [1.82, 2.24) is 0 Å². The lowest BCUT2D eigenvalue weighted by Gasteiger charge is -2.04. The molecule has 2 rings (SSSR count).